The van der Waals surface area contributed by atoms with Crippen molar-refractivity contribution in [2.75, 3.05) is 20.1 Å². The van der Waals surface area contributed by atoms with Crippen LogP contribution in [0.4, 0.5) is 0 Å². The number of aryl methyl sites for hydroxylation is 1. The normalized spacial score (nSPS) is 15.9. The van der Waals surface area contributed by atoms with Gasteiger partial charge < -0.3 is 10.2 Å². The zero-order valence-corrected chi connectivity index (χ0v) is 17.4. The molecular formula is C22H33N5. The third-order valence-electron chi connectivity index (χ3n) is 5.36. The first-order chi connectivity index (χ1) is 12.9. The monoisotopic (exact) mass is 367 g/mol. The molecule has 0 atom stereocenters. The molecule has 0 bridgehead atoms. The van der Waals surface area contributed by atoms with Crippen LogP contribution in [-0.2, 0) is 19.0 Å². The van der Waals surface area contributed by atoms with Crippen LogP contribution in [-0.4, -0.2) is 40.8 Å². The largest absolute Gasteiger partial charge is 0.357 e. The number of nitrogens with one attached hydrogen (secondary N) is 1. The predicted molar refractivity (Wildman–Crippen MR) is 112 cm³/mol. The third-order valence-corrected chi connectivity index (χ3v) is 5.36. The van der Waals surface area contributed by atoms with E-state index in [4.69, 9.17) is 4.99 Å². The molecule has 1 saturated carbocycles. The number of hydrogen-bond donors (Lipinski definition) is 1. The molecule has 3 rings (SSSR count). The summed E-state index contributed by atoms with van der Waals surface area (Å²) in [7, 11) is 4.10. The van der Waals surface area contributed by atoms with Gasteiger partial charge in [-0.2, -0.15) is 5.10 Å². The molecule has 0 amide bonds. The van der Waals surface area contributed by atoms with E-state index in [0.717, 1.165) is 25.6 Å². The lowest BCUT2D eigenvalue weighted by Crippen LogP contribution is -2.39. The SMILES string of the molecule is CCNC(=NCC1(c2ccccc2)CC1)N(C)Cc1cn(C)nc1C(C)C. The third kappa shape index (κ3) is 4.52. The molecule has 1 aromatic heterocycles. The Morgan fingerprint density at radius 2 is 2.00 bits per heavy atom. The molecule has 146 valence electrons. The lowest BCUT2D eigenvalue weighted by atomic mass is 9.96. The summed E-state index contributed by atoms with van der Waals surface area (Å²) in [5, 5.41) is 8.09. The van der Waals surface area contributed by atoms with E-state index in [1.54, 1.807) is 0 Å². The summed E-state index contributed by atoms with van der Waals surface area (Å²) in [6, 6.07) is 10.8. The Morgan fingerprint density at radius 1 is 1.30 bits per heavy atom. The van der Waals surface area contributed by atoms with Crippen molar-refractivity contribution in [3.8, 4) is 0 Å². The molecule has 1 aliphatic rings. The smallest absolute Gasteiger partial charge is 0.193 e. The van der Waals surface area contributed by atoms with Crippen LogP contribution in [0.15, 0.2) is 41.5 Å². The molecule has 5 nitrogen and oxygen atoms in total. The second-order valence-electron chi connectivity index (χ2n) is 8.04. The van der Waals surface area contributed by atoms with Crippen molar-refractivity contribution in [2.45, 2.75) is 51.5 Å². The van der Waals surface area contributed by atoms with Crippen LogP contribution in [0.25, 0.3) is 0 Å². The van der Waals surface area contributed by atoms with Crippen LogP contribution in [0, 0.1) is 0 Å². The lowest BCUT2D eigenvalue weighted by molar-refractivity contribution is 0.471. The summed E-state index contributed by atoms with van der Waals surface area (Å²) >= 11 is 0. The highest BCUT2D eigenvalue weighted by molar-refractivity contribution is 5.79. The first kappa shape index (κ1) is 19.5. The number of guanidine groups is 1. The van der Waals surface area contributed by atoms with Crippen LogP contribution in [0.1, 0.15) is 56.4 Å². The average Bonchev–Trinajstić information content (AvgIpc) is 3.35. The van der Waals surface area contributed by atoms with E-state index in [1.807, 2.05) is 11.7 Å². The quantitative estimate of drug-likeness (QED) is 0.600. The molecule has 0 radical (unpaired) electrons. The van der Waals surface area contributed by atoms with Gasteiger partial charge in [0.1, 0.15) is 0 Å². The zero-order valence-electron chi connectivity index (χ0n) is 17.4. The molecule has 1 fully saturated rings. The van der Waals surface area contributed by atoms with Gasteiger partial charge in [0.25, 0.3) is 0 Å². The van der Waals surface area contributed by atoms with Crippen LogP contribution >= 0.6 is 0 Å². The fourth-order valence-electron chi connectivity index (χ4n) is 3.67. The molecule has 27 heavy (non-hydrogen) atoms. The van der Waals surface area contributed by atoms with E-state index in [-0.39, 0.29) is 5.41 Å². The van der Waals surface area contributed by atoms with Gasteiger partial charge in [-0.15, -0.1) is 0 Å². The van der Waals surface area contributed by atoms with Gasteiger partial charge in [0.05, 0.1) is 12.2 Å². The second kappa shape index (κ2) is 8.15. The average molecular weight is 368 g/mol. The topological polar surface area (TPSA) is 45.5 Å². The van der Waals surface area contributed by atoms with Crippen LogP contribution in [0.2, 0.25) is 0 Å². The van der Waals surface area contributed by atoms with Crippen LogP contribution < -0.4 is 5.32 Å². The minimum atomic E-state index is 0.236. The molecule has 1 aromatic carbocycles. The van der Waals surface area contributed by atoms with E-state index < -0.39 is 0 Å². The lowest BCUT2D eigenvalue weighted by Gasteiger charge is -2.23. The summed E-state index contributed by atoms with van der Waals surface area (Å²) in [5.74, 6) is 1.39. The molecular weight excluding hydrogens is 334 g/mol. The van der Waals surface area contributed by atoms with Crippen molar-refractivity contribution >= 4 is 5.96 Å². The van der Waals surface area contributed by atoms with Crippen molar-refractivity contribution < 1.29 is 0 Å². The van der Waals surface area contributed by atoms with Gasteiger partial charge in [-0.1, -0.05) is 44.2 Å². The number of aromatic nitrogens is 2. The van der Waals surface area contributed by atoms with Gasteiger partial charge in [-0.3, -0.25) is 9.67 Å². The van der Waals surface area contributed by atoms with E-state index in [2.05, 4.69) is 79.7 Å². The molecule has 0 saturated heterocycles. The molecule has 0 aliphatic heterocycles. The van der Waals surface area contributed by atoms with E-state index in [0.29, 0.717) is 5.92 Å². The summed E-state index contributed by atoms with van der Waals surface area (Å²) in [5.41, 5.74) is 4.09. The number of rotatable bonds is 7. The van der Waals surface area contributed by atoms with Gasteiger partial charge >= 0.3 is 0 Å². The highest BCUT2D eigenvalue weighted by Crippen LogP contribution is 2.48. The summed E-state index contributed by atoms with van der Waals surface area (Å²) in [6.45, 7) is 9.03. The number of hydrogen-bond acceptors (Lipinski definition) is 2. The molecule has 5 heteroatoms. The van der Waals surface area contributed by atoms with Gasteiger partial charge in [-0.05, 0) is 31.2 Å². The predicted octanol–water partition coefficient (Wildman–Crippen LogP) is 3.67. The van der Waals surface area contributed by atoms with Gasteiger partial charge in [-0.25, -0.2) is 0 Å². The fraction of sp³-hybridized carbons (Fsp3) is 0.545. The fourth-order valence-corrected chi connectivity index (χ4v) is 3.67. The number of nitrogens with zero attached hydrogens (tertiary/aromatic N) is 4. The molecule has 2 aromatic rings. The Labute approximate surface area is 163 Å². The summed E-state index contributed by atoms with van der Waals surface area (Å²) in [4.78, 5) is 7.22. The number of benzene rings is 1. The minimum absolute atomic E-state index is 0.236. The standard InChI is InChI=1S/C22H33N5/c1-6-23-21(24-16-22(12-13-22)19-10-8-7-9-11-19)26(4)14-18-15-27(5)25-20(18)17(2)3/h7-11,15,17H,6,12-14,16H2,1-5H3,(H,23,24). The Hall–Kier alpha value is -2.30. The van der Waals surface area contributed by atoms with Crippen molar-refractivity contribution in [3.05, 3.63) is 53.3 Å². The number of aliphatic imine (C=N–C) groups is 1. The van der Waals surface area contributed by atoms with Gasteiger partial charge in [0.2, 0.25) is 0 Å². The molecule has 0 spiro atoms. The summed E-state index contributed by atoms with van der Waals surface area (Å²) < 4.78 is 1.91. The maximum absolute atomic E-state index is 5.01. The maximum Gasteiger partial charge on any atom is 0.193 e. The highest BCUT2D eigenvalue weighted by Gasteiger charge is 2.44. The van der Waals surface area contributed by atoms with Crippen molar-refractivity contribution in [2.24, 2.45) is 12.0 Å². The zero-order chi connectivity index (χ0) is 19.4. The van der Waals surface area contributed by atoms with Crippen LogP contribution in [0.5, 0.6) is 0 Å². The molecule has 1 heterocycles. The van der Waals surface area contributed by atoms with Crippen molar-refractivity contribution in [1.82, 2.24) is 20.0 Å². The Balaban J connectivity index is 1.74. The summed E-state index contributed by atoms with van der Waals surface area (Å²) in [6.07, 6.45) is 4.58. The Bertz CT molecular complexity index is 771. The maximum atomic E-state index is 5.01. The van der Waals surface area contributed by atoms with E-state index in [9.17, 15) is 0 Å². The second-order valence-corrected chi connectivity index (χ2v) is 8.04. The first-order valence-electron chi connectivity index (χ1n) is 10.0. The van der Waals surface area contributed by atoms with E-state index in [1.165, 1.54) is 29.7 Å². The van der Waals surface area contributed by atoms with Crippen molar-refractivity contribution in [3.63, 3.8) is 0 Å². The van der Waals surface area contributed by atoms with Gasteiger partial charge in [0, 0.05) is 44.4 Å². The highest BCUT2D eigenvalue weighted by atomic mass is 15.3. The van der Waals surface area contributed by atoms with Crippen molar-refractivity contribution in [1.29, 1.82) is 0 Å². The molecule has 1 aliphatic carbocycles. The first-order valence-corrected chi connectivity index (χ1v) is 10.0. The van der Waals surface area contributed by atoms with Crippen LogP contribution in [0.3, 0.4) is 0 Å². The Kier molecular flexibility index (Phi) is 5.88. The van der Waals surface area contributed by atoms with E-state index >= 15 is 0 Å². The molecule has 0 unspecified atom stereocenters. The van der Waals surface area contributed by atoms with Gasteiger partial charge in [0.15, 0.2) is 5.96 Å². The Morgan fingerprint density at radius 3 is 2.59 bits per heavy atom. The molecule has 1 N–H and O–H groups in total. The minimum Gasteiger partial charge on any atom is -0.357 e.